The van der Waals surface area contributed by atoms with Crippen molar-refractivity contribution in [2.75, 3.05) is 20.1 Å². The average molecular weight is 272 g/mol. The summed E-state index contributed by atoms with van der Waals surface area (Å²) in [6, 6.07) is 9.25. The molecule has 2 fully saturated rings. The van der Waals surface area contributed by atoms with E-state index in [4.69, 9.17) is 5.73 Å². The van der Waals surface area contributed by atoms with E-state index in [1.165, 1.54) is 43.4 Å². The third kappa shape index (κ3) is 2.77. The summed E-state index contributed by atoms with van der Waals surface area (Å²) < 4.78 is 0. The molecule has 20 heavy (non-hydrogen) atoms. The Bertz CT molecular complexity index is 439. The van der Waals surface area contributed by atoms with Crippen molar-refractivity contribution >= 4 is 0 Å². The van der Waals surface area contributed by atoms with Gasteiger partial charge in [-0.25, -0.2) is 0 Å². The maximum absolute atomic E-state index is 6.05. The van der Waals surface area contributed by atoms with Gasteiger partial charge in [-0.05, 0) is 56.6 Å². The zero-order chi connectivity index (χ0) is 14.1. The van der Waals surface area contributed by atoms with Crippen molar-refractivity contribution in [3.05, 3.63) is 35.4 Å². The molecule has 1 aromatic carbocycles. The molecule has 3 rings (SSSR count). The minimum Gasteiger partial charge on any atom is -0.329 e. The van der Waals surface area contributed by atoms with E-state index in [2.05, 4.69) is 43.1 Å². The second kappa shape index (κ2) is 5.87. The number of benzene rings is 1. The van der Waals surface area contributed by atoms with Gasteiger partial charge in [0.15, 0.2) is 0 Å². The molecule has 0 aliphatic heterocycles. The van der Waals surface area contributed by atoms with Crippen LogP contribution in [0.3, 0.4) is 0 Å². The highest BCUT2D eigenvalue weighted by atomic mass is 15.1. The molecule has 2 N–H and O–H groups in total. The van der Waals surface area contributed by atoms with E-state index in [1.807, 2.05) is 0 Å². The first-order valence-electron chi connectivity index (χ1n) is 8.14. The number of fused-ring (bicyclic) bond motifs is 2. The summed E-state index contributed by atoms with van der Waals surface area (Å²) in [5.41, 5.74) is 8.74. The number of rotatable bonds is 5. The second-order valence-corrected chi connectivity index (χ2v) is 7.04. The Morgan fingerprint density at radius 2 is 1.95 bits per heavy atom. The molecule has 0 aromatic heterocycles. The van der Waals surface area contributed by atoms with E-state index < -0.39 is 0 Å². The minimum absolute atomic E-state index is 0.370. The summed E-state index contributed by atoms with van der Waals surface area (Å²) in [6.45, 7) is 4.07. The maximum atomic E-state index is 6.05. The topological polar surface area (TPSA) is 29.3 Å². The molecule has 0 radical (unpaired) electrons. The van der Waals surface area contributed by atoms with E-state index in [0.717, 1.165) is 17.8 Å². The van der Waals surface area contributed by atoms with Crippen molar-refractivity contribution in [1.82, 2.24) is 4.90 Å². The Hall–Kier alpha value is -0.860. The average Bonchev–Trinajstić information content (AvgIpc) is 3.04. The molecule has 0 heterocycles. The fourth-order valence-corrected chi connectivity index (χ4v) is 4.46. The van der Waals surface area contributed by atoms with E-state index in [-0.39, 0.29) is 0 Å². The molecule has 110 valence electrons. The summed E-state index contributed by atoms with van der Waals surface area (Å²) in [4.78, 5) is 2.50. The first kappa shape index (κ1) is 14.1. The molecule has 2 saturated carbocycles. The lowest BCUT2D eigenvalue weighted by Gasteiger charge is -2.32. The van der Waals surface area contributed by atoms with Gasteiger partial charge in [0.1, 0.15) is 0 Å². The molecule has 4 unspecified atom stereocenters. The molecule has 2 heteroatoms. The van der Waals surface area contributed by atoms with Gasteiger partial charge >= 0.3 is 0 Å². The van der Waals surface area contributed by atoms with Crippen LogP contribution >= 0.6 is 0 Å². The largest absolute Gasteiger partial charge is 0.329 e. The van der Waals surface area contributed by atoms with Crippen LogP contribution in [0.5, 0.6) is 0 Å². The molecule has 0 amide bonds. The van der Waals surface area contributed by atoms with Gasteiger partial charge in [-0.1, -0.05) is 36.2 Å². The first-order valence-corrected chi connectivity index (χ1v) is 8.14. The SMILES string of the molecule is Cc1ccc(C(CN)N(C)CC2CC3CCC2C3)cc1. The van der Waals surface area contributed by atoms with Crippen molar-refractivity contribution < 1.29 is 0 Å². The van der Waals surface area contributed by atoms with Crippen LogP contribution in [0.15, 0.2) is 24.3 Å². The summed E-state index contributed by atoms with van der Waals surface area (Å²) in [7, 11) is 2.25. The Balaban J connectivity index is 1.65. The minimum atomic E-state index is 0.370. The van der Waals surface area contributed by atoms with Crippen LogP contribution in [0.1, 0.15) is 42.9 Å². The van der Waals surface area contributed by atoms with Crippen molar-refractivity contribution in [3.8, 4) is 0 Å². The molecule has 2 aliphatic carbocycles. The van der Waals surface area contributed by atoms with Crippen molar-refractivity contribution in [2.45, 2.75) is 38.6 Å². The van der Waals surface area contributed by atoms with Crippen LogP contribution in [0, 0.1) is 24.7 Å². The van der Waals surface area contributed by atoms with Crippen LogP contribution in [0.25, 0.3) is 0 Å². The van der Waals surface area contributed by atoms with E-state index in [0.29, 0.717) is 12.6 Å². The summed E-state index contributed by atoms with van der Waals surface area (Å²) in [5.74, 6) is 2.95. The number of nitrogens with two attached hydrogens (primary N) is 1. The predicted octanol–water partition coefficient (Wildman–Crippen LogP) is 3.36. The van der Waals surface area contributed by atoms with Gasteiger partial charge in [0.05, 0.1) is 0 Å². The van der Waals surface area contributed by atoms with Gasteiger partial charge < -0.3 is 5.73 Å². The van der Waals surface area contributed by atoms with Crippen LogP contribution in [0.4, 0.5) is 0 Å². The quantitative estimate of drug-likeness (QED) is 0.890. The van der Waals surface area contributed by atoms with Crippen LogP contribution in [-0.2, 0) is 0 Å². The van der Waals surface area contributed by atoms with Gasteiger partial charge in [0, 0.05) is 19.1 Å². The molecular weight excluding hydrogens is 244 g/mol. The molecule has 2 bridgehead atoms. The van der Waals surface area contributed by atoms with E-state index in [1.54, 1.807) is 0 Å². The Morgan fingerprint density at radius 3 is 2.50 bits per heavy atom. The molecule has 0 spiro atoms. The number of hydrogen-bond acceptors (Lipinski definition) is 2. The number of aryl methyl sites for hydroxylation is 1. The fourth-order valence-electron chi connectivity index (χ4n) is 4.46. The molecule has 1 aromatic rings. The highest BCUT2D eigenvalue weighted by Crippen LogP contribution is 2.48. The number of hydrogen-bond donors (Lipinski definition) is 1. The molecule has 4 atom stereocenters. The van der Waals surface area contributed by atoms with Crippen LogP contribution in [-0.4, -0.2) is 25.0 Å². The zero-order valence-corrected chi connectivity index (χ0v) is 12.9. The highest BCUT2D eigenvalue weighted by molar-refractivity contribution is 5.24. The normalized spacial score (nSPS) is 30.1. The Morgan fingerprint density at radius 1 is 1.20 bits per heavy atom. The predicted molar refractivity (Wildman–Crippen MR) is 84.5 cm³/mol. The van der Waals surface area contributed by atoms with Gasteiger partial charge in [-0.2, -0.15) is 0 Å². The number of likely N-dealkylation sites (N-methyl/N-ethyl adjacent to an activating group) is 1. The van der Waals surface area contributed by atoms with Gasteiger partial charge in [-0.3, -0.25) is 4.90 Å². The zero-order valence-electron chi connectivity index (χ0n) is 12.9. The molecule has 0 saturated heterocycles. The van der Waals surface area contributed by atoms with E-state index >= 15 is 0 Å². The summed E-state index contributed by atoms with van der Waals surface area (Å²) >= 11 is 0. The Labute approximate surface area is 123 Å². The second-order valence-electron chi connectivity index (χ2n) is 7.04. The lowest BCUT2D eigenvalue weighted by atomic mass is 9.88. The summed E-state index contributed by atoms with van der Waals surface area (Å²) in [5, 5.41) is 0. The first-order chi connectivity index (χ1) is 9.67. The van der Waals surface area contributed by atoms with Crippen molar-refractivity contribution in [1.29, 1.82) is 0 Å². The third-order valence-electron chi connectivity index (χ3n) is 5.62. The highest BCUT2D eigenvalue weighted by Gasteiger charge is 2.40. The summed E-state index contributed by atoms with van der Waals surface area (Å²) in [6.07, 6.45) is 5.92. The van der Waals surface area contributed by atoms with Crippen LogP contribution < -0.4 is 5.73 Å². The molecular formula is C18H28N2. The molecule has 2 nitrogen and oxygen atoms in total. The smallest absolute Gasteiger partial charge is 0.0467 e. The fraction of sp³-hybridized carbons (Fsp3) is 0.667. The van der Waals surface area contributed by atoms with Gasteiger partial charge in [0.2, 0.25) is 0 Å². The Kier molecular flexibility index (Phi) is 4.13. The monoisotopic (exact) mass is 272 g/mol. The maximum Gasteiger partial charge on any atom is 0.0467 e. The lowest BCUT2D eigenvalue weighted by molar-refractivity contribution is 0.176. The van der Waals surface area contributed by atoms with Crippen LogP contribution in [0.2, 0.25) is 0 Å². The van der Waals surface area contributed by atoms with E-state index in [9.17, 15) is 0 Å². The van der Waals surface area contributed by atoms with Gasteiger partial charge in [0.25, 0.3) is 0 Å². The van der Waals surface area contributed by atoms with Crippen molar-refractivity contribution in [2.24, 2.45) is 23.5 Å². The van der Waals surface area contributed by atoms with Gasteiger partial charge in [-0.15, -0.1) is 0 Å². The molecule has 2 aliphatic rings. The van der Waals surface area contributed by atoms with Crippen molar-refractivity contribution in [3.63, 3.8) is 0 Å². The third-order valence-corrected chi connectivity index (χ3v) is 5.62. The lowest BCUT2D eigenvalue weighted by Crippen LogP contribution is -2.35. The number of nitrogens with zero attached hydrogens (tertiary/aromatic N) is 1. The standard InChI is InChI=1S/C18H28N2/c1-13-3-6-15(7-4-13)18(11-19)20(2)12-17-10-14-5-8-16(17)9-14/h3-4,6-7,14,16-18H,5,8-12,19H2,1-2H3.